The Bertz CT molecular complexity index is 478. The molecule has 1 aromatic rings. The van der Waals surface area contributed by atoms with E-state index in [1.807, 2.05) is 12.1 Å². The molecule has 1 aliphatic rings. The number of benzene rings is 1. The highest BCUT2D eigenvalue weighted by Crippen LogP contribution is 2.11. The molecule has 128 valence electrons. The molecule has 1 saturated heterocycles. The smallest absolute Gasteiger partial charge is 0.251 e. The largest absolute Gasteiger partial charge is 0.352 e. The van der Waals surface area contributed by atoms with Crippen LogP contribution < -0.4 is 10.6 Å². The van der Waals surface area contributed by atoms with Crippen molar-refractivity contribution in [2.75, 3.05) is 26.2 Å². The Kier molecular flexibility index (Phi) is 7.06. The van der Waals surface area contributed by atoms with Gasteiger partial charge in [0.1, 0.15) is 0 Å². The van der Waals surface area contributed by atoms with Crippen LogP contribution in [0.5, 0.6) is 0 Å². The summed E-state index contributed by atoms with van der Waals surface area (Å²) in [6, 6.07) is 8.56. The lowest BCUT2D eigenvalue weighted by atomic mass is 9.99. The summed E-state index contributed by atoms with van der Waals surface area (Å²) >= 11 is 0. The third-order valence-electron chi connectivity index (χ3n) is 4.69. The maximum atomic E-state index is 12.2. The summed E-state index contributed by atoms with van der Waals surface area (Å²) in [5.74, 6) is 0.606. The van der Waals surface area contributed by atoms with E-state index in [2.05, 4.69) is 48.4 Å². The van der Waals surface area contributed by atoms with Gasteiger partial charge in [-0.2, -0.15) is 0 Å². The fourth-order valence-electron chi connectivity index (χ4n) is 3.09. The second-order valence-electron chi connectivity index (χ2n) is 6.78. The van der Waals surface area contributed by atoms with Gasteiger partial charge in [-0.05, 0) is 69.9 Å². The Morgan fingerprint density at radius 3 is 2.65 bits per heavy atom. The minimum absolute atomic E-state index is 0.0401. The van der Waals surface area contributed by atoms with Crippen LogP contribution in [-0.2, 0) is 6.54 Å². The first-order valence-corrected chi connectivity index (χ1v) is 8.92. The zero-order chi connectivity index (χ0) is 16.7. The van der Waals surface area contributed by atoms with E-state index < -0.39 is 0 Å². The van der Waals surface area contributed by atoms with Crippen molar-refractivity contribution in [2.45, 2.75) is 46.2 Å². The predicted molar refractivity (Wildman–Crippen MR) is 95.6 cm³/mol. The fourth-order valence-corrected chi connectivity index (χ4v) is 3.09. The van der Waals surface area contributed by atoms with E-state index >= 15 is 0 Å². The molecule has 2 N–H and O–H groups in total. The first kappa shape index (κ1) is 18.0. The highest BCUT2D eigenvalue weighted by atomic mass is 16.1. The summed E-state index contributed by atoms with van der Waals surface area (Å²) in [6.07, 6.45) is 2.41. The maximum absolute atomic E-state index is 12.2. The molecule has 1 atom stereocenters. The number of carbonyl (C=O) groups is 1. The number of carbonyl (C=O) groups excluding carboxylic acids is 1. The summed E-state index contributed by atoms with van der Waals surface area (Å²) < 4.78 is 0. The molecule has 2 rings (SSSR count). The first-order chi connectivity index (χ1) is 11.1. The van der Waals surface area contributed by atoms with E-state index in [0.29, 0.717) is 12.0 Å². The van der Waals surface area contributed by atoms with E-state index in [1.54, 1.807) is 0 Å². The van der Waals surface area contributed by atoms with Crippen molar-refractivity contribution in [1.82, 2.24) is 15.5 Å². The molecule has 0 radical (unpaired) electrons. The molecule has 1 heterocycles. The van der Waals surface area contributed by atoms with Gasteiger partial charge in [0.25, 0.3) is 5.91 Å². The highest BCUT2D eigenvalue weighted by Gasteiger charge is 2.14. The highest BCUT2D eigenvalue weighted by molar-refractivity contribution is 5.94. The minimum Gasteiger partial charge on any atom is -0.352 e. The number of hydrogen-bond donors (Lipinski definition) is 2. The number of rotatable bonds is 7. The van der Waals surface area contributed by atoms with E-state index in [-0.39, 0.29) is 5.91 Å². The van der Waals surface area contributed by atoms with Gasteiger partial charge in [0, 0.05) is 24.7 Å². The van der Waals surface area contributed by atoms with E-state index in [1.165, 1.54) is 18.4 Å². The molecule has 0 aromatic heterocycles. The monoisotopic (exact) mass is 317 g/mol. The van der Waals surface area contributed by atoms with Crippen molar-refractivity contribution in [3.63, 3.8) is 0 Å². The van der Waals surface area contributed by atoms with Crippen LogP contribution in [0, 0.1) is 5.92 Å². The quantitative estimate of drug-likeness (QED) is 0.812. The standard InChI is InChI=1S/C19H31N3O/c1-4-22(15(2)3)14-16-7-9-18(10-8-16)19(23)21-13-17-6-5-11-20-12-17/h7-10,15,17,20H,4-6,11-14H2,1-3H3,(H,21,23). The molecule has 1 unspecified atom stereocenters. The molecular weight excluding hydrogens is 286 g/mol. The van der Waals surface area contributed by atoms with Crippen molar-refractivity contribution < 1.29 is 4.79 Å². The number of piperidine rings is 1. The molecule has 23 heavy (non-hydrogen) atoms. The van der Waals surface area contributed by atoms with Gasteiger partial charge in [0.2, 0.25) is 0 Å². The zero-order valence-electron chi connectivity index (χ0n) is 14.8. The third-order valence-corrected chi connectivity index (χ3v) is 4.69. The van der Waals surface area contributed by atoms with E-state index in [4.69, 9.17) is 0 Å². The molecule has 0 bridgehead atoms. The third kappa shape index (κ3) is 5.63. The van der Waals surface area contributed by atoms with Gasteiger partial charge >= 0.3 is 0 Å². The maximum Gasteiger partial charge on any atom is 0.251 e. The summed E-state index contributed by atoms with van der Waals surface area (Å²) in [6.45, 7) is 11.5. The lowest BCUT2D eigenvalue weighted by Crippen LogP contribution is -2.38. The van der Waals surface area contributed by atoms with Crippen LogP contribution >= 0.6 is 0 Å². The molecule has 0 aliphatic carbocycles. The van der Waals surface area contributed by atoms with Gasteiger partial charge in [-0.3, -0.25) is 9.69 Å². The van der Waals surface area contributed by atoms with Gasteiger partial charge in [0.05, 0.1) is 0 Å². The second-order valence-corrected chi connectivity index (χ2v) is 6.78. The molecule has 4 nitrogen and oxygen atoms in total. The number of nitrogens with one attached hydrogen (secondary N) is 2. The molecule has 0 saturated carbocycles. The van der Waals surface area contributed by atoms with Crippen LogP contribution in [0.4, 0.5) is 0 Å². The summed E-state index contributed by atoms with van der Waals surface area (Å²) in [5.41, 5.74) is 2.01. The average molecular weight is 317 g/mol. The van der Waals surface area contributed by atoms with Crippen molar-refractivity contribution in [3.05, 3.63) is 35.4 Å². The molecular formula is C19H31N3O. The van der Waals surface area contributed by atoms with Gasteiger partial charge < -0.3 is 10.6 Å². The van der Waals surface area contributed by atoms with Crippen molar-refractivity contribution in [2.24, 2.45) is 5.92 Å². The topological polar surface area (TPSA) is 44.4 Å². The number of nitrogens with zero attached hydrogens (tertiary/aromatic N) is 1. The molecule has 0 spiro atoms. The van der Waals surface area contributed by atoms with Gasteiger partial charge in [-0.25, -0.2) is 0 Å². The number of hydrogen-bond acceptors (Lipinski definition) is 3. The van der Waals surface area contributed by atoms with Gasteiger partial charge in [0.15, 0.2) is 0 Å². The van der Waals surface area contributed by atoms with Crippen LogP contribution in [0.3, 0.4) is 0 Å². The van der Waals surface area contributed by atoms with Gasteiger partial charge in [-0.15, -0.1) is 0 Å². The first-order valence-electron chi connectivity index (χ1n) is 8.92. The van der Waals surface area contributed by atoms with Crippen LogP contribution in [0.15, 0.2) is 24.3 Å². The van der Waals surface area contributed by atoms with Crippen molar-refractivity contribution in [3.8, 4) is 0 Å². The Morgan fingerprint density at radius 2 is 2.09 bits per heavy atom. The molecule has 4 heteroatoms. The average Bonchev–Trinajstić information content (AvgIpc) is 2.58. The van der Waals surface area contributed by atoms with Crippen LogP contribution in [0.25, 0.3) is 0 Å². The molecule has 1 fully saturated rings. The molecule has 1 aliphatic heterocycles. The zero-order valence-corrected chi connectivity index (χ0v) is 14.8. The fraction of sp³-hybridized carbons (Fsp3) is 0.632. The summed E-state index contributed by atoms with van der Waals surface area (Å²) in [4.78, 5) is 14.7. The molecule has 1 amide bonds. The lowest BCUT2D eigenvalue weighted by molar-refractivity contribution is 0.0945. The Labute approximate surface area is 140 Å². The SMILES string of the molecule is CCN(Cc1ccc(C(=O)NCC2CCCNC2)cc1)C(C)C. The van der Waals surface area contributed by atoms with Crippen LogP contribution in [0.2, 0.25) is 0 Å². The Hall–Kier alpha value is -1.39. The summed E-state index contributed by atoms with van der Waals surface area (Å²) in [5, 5.41) is 6.45. The van der Waals surface area contributed by atoms with E-state index in [0.717, 1.165) is 38.3 Å². The molecule has 1 aromatic carbocycles. The van der Waals surface area contributed by atoms with Crippen molar-refractivity contribution >= 4 is 5.91 Å². The number of amides is 1. The van der Waals surface area contributed by atoms with Crippen LogP contribution in [-0.4, -0.2) is 43.0 Å². The van der Waals surface area contributed by atoms with E-state index in [9.17, 15) is 4.79 Å². The second kappa shape index (κ2) is 9.04. The predicted octanol–water partition coefficient (Wildman–Crippen LogP) is 2.65. The van der Waals surface area contributed by atoms with Gasteiger partial charge in [-0.1, -0.05) is 19.1 Å². The Balaban J connectivity index is 1.84. The Morgan fingerprint density at radius 1 is 1.35 bits per heavy atom. The minimum atomic E-state index is 0.0401. The lowest BCUT2D eigenvalue weighted by Gasteiger charge is -2.24. The van der Waals surface area contributed by atoms with Crippen molar-refractivity contribution in [1.29, 1.82) is 0 Å². The normalized spacial score (nSPS) is 18.4. The van der Waals surface area contributed by atoms with Crippen LogP contribution in [0.1, 0.15) is 49.5 Å². The summed E-state index contributed by atoms with van der Waals surface area (Å²) in [7, 11) is 0.